The molecule has 0 atom stereocenters. The van der Waals surface area contributed by atoms with Crippen molar-refractivity contribution in [3.63, 3.8) is 0 Å². The van der Waals surface area contributed by atoms with Crippen LogP contribution in [-0.2, 0) is 35.2 Å². The topological polar surface area (TPSA) is 265 Å². The molecule has 2 aromatic heterocycles. The van der Waals surface area contributed by atoms with E-state index in [0.717, 1.165) is 67.0 Å². The summed E-state index contributed by atoms with van der Waals surface area (Å²) in [6.07, 6.45) is 9.29. The first-order chi connectivity index (χ1) is 47.6. The maximum Gasteiger partial charge on any atom is 0.266 e. The smallest absolute Gasteiger partial charge is 0.266 e. The number of benzene rings is 5. The minimum absolute atomic E-state index is 0.0360. The first-order valence-electron chi connectivity index (χ1n) is 32.8. The molecule has 23 nitrogen and oxygen atoms in total. The van der Waals surface area contributed by atoms with Crippen LogP contribution in [0.5, 0.6) is 34.6 Å². The van der Waals surface area contributed by atoms with Gasteiger partial charge in [0, 0.05) is 75.4 Å². The molecule has 2 fully saturated rings. The number of rotatable bonds is 26. The van der Waals surface area contributed by atoms with Crippen LogP contribution in [0.4, 0.5) is 17.2 Å². The van der Waals surface area contributed by atoms with Gasteiger partial charge in [0.1, 0.15) is 40.3 Å². The molecular formula is C75H90ClN7O16. The fourth-order valence-electron chi connectivity index (χ4n) is 11.3. The third-order valence-electron chi connectivity index (χ3n) is 16.1. The number of aromatic hydroxyl groups is 1. The lowest BCUT2D eigenvalue weighted by molar-refractivity contribution is -0.143. The number of phenolic OH excluding ortho intramolecular Hbond substituents is 1. The Bertz CT molecular complexity index is 3810. The summed E-state index contributed by atoms with van der Waals surface area (Å²) in [5, 5.41) is 14.5. The van der Waals surface area contributed by atoms with E-state index in [2.05, 4.69) is 10.1 Å². The van der Waals surface area contributed by atoms with Crippen molar-refractivity contribution in [1.29, 1.82) is 0 Å². The second kappa shape index (κ2) is 39.4. The third kappa shape index (κ3) is 21.5. The molecule has 2 aliphatic heterocycles. The third-order valence-corrected chi connectivity index (χ3v) is 16.5. The van der Waals surface area contributed by atoms with Gasteiger partial charge in [0.2, 0.25) is 5.88 Å². The van der Waals surface area contributed by atoms with Crippen LogP contribution in [0.25, 0.3) is 0 Å². The molecule has 528 valence electrons. The van der Waals surface area contributed by atoms with Gasteiger partial charge in [-0.15, -0.1) is 0 Å². The molecule has 5 aromatic carbocycles. The zero-order chi connectivity index (χ0) is 72.1. The Hall–Kier alpha value is -9.97. The number of hydrogen-bond acceptors (Lipinski definition) is 18. The fourth-order valence-corrected chi connectivity index (χ4v) is 11.5. The molecule has 0 aliphatic carbocycles. The number of pyridine rings is 1. The van der Waals surface area contributed by atoms with Crippen molar-refractivity contribution in [3.8, 4) is 34.6 Å². The van der Waals surface area contributed by atoms with Crippen molar-refractivity contribution in [1.82, 2.24) is 19.7 Å². The number of aldehydes is 4. The summed E-state index contributed by atoms with van der Waals surface area (Å²) < 4.78 is 40.3. The van der Waals surface area contributed by atoms with Gasteiger partial charge in [0.25, 0.3) is 23.6 Å². The zero-order valence-electron chi connectivity index (χ0n) is 58.1. The van der Waals surface area contributed by atoms with E-state index >= 15 is 0 Å². The van der Waals surface area contributed by atoms with E-state index in [1.54, 1.807) is 105 Å². The Balaban J connectivity index is 0.000000208. The van der Waals surface area contributed by atoms with Crippen LogP contribution in [0.15, 0.2) is 128 Å². The zero-order valence-corrected chi connectivity index (χ0v) is 58.8. The average molecular weight is 1380 g/mol. The van der Waals surface area contributed by atoms with E-state index in [1.165, 1.54) is 13.2 Å². The maximum atomic E-state index is 13.0. The number of carbonyl (C=O) groups is 8. The average Bonchev–Trinajstić information content (AvgIpc) is 1.81. The van der Waals surface area contributed by atoms with Crippen molar-refractivity contribution in [2.24, 2.45) is 0 Å². The second-order valence-corrected chi connectivity index (χ2v) is 24.2. The highest BCUT2D eigenvalue weighted by atomic mass is 35.5. The lowest BCUT2D eigenvalue weighted by atomic mass is 10.00. The molecule has 2 saturated heterocycles. The summed E-state index contributed by atoms with van der Waals surface area (Å²) in [5.41, 5.74) is 5.08. The summed E-state index contributed by atoms with van der Waals surface area (Å²) in [5.74, 6) is 1.62. The molecule has 0 saturated carbocycles. The standard InChI is InChI=1S/C19H20ClNO3.C19H22N2O4.C19H25NO6.C18H23N3O3/c1-13(2)21(17-9-5-4-8-16(17)20)19(23)12-24-18-10-6-7-14(3)15(18)11-22;1-13(2)21(16-8-6-10-20-19(16)24-4)18(23)12-25-17-9-5-7-14(3)15(17)11-22;21-12-16-17(22)2-1-3-18(16)26-13-19(23)20(14-4-8-24-9-5-14)15-6-10-25-11-7-15;1-5-20-17(9-10-19-20)21(13(2)3)18(23)12-24-16-8-6-7-14(4)15(16)11-22/h4-11,13H,12H2,1-3H3;5-11,13H,12H2,1-4H3;1-3,12,14-15,22H,4-11,13H2;6-11,13H,5,12H2,1-4H3. The Morgan fingerprint density at radius 3 is 1.33 bits per heavy atom. The largest absolute Gasteiger partial charge is 0.507 e. The number of nitrogens with zero attached hydrogens (tertiary/aromatic N) is 7. The summed E-state index contributed by atoms with van der Waals surface area (Å²) in [7, 11) is 1.51. The van der Waals surface area contributed by atoms with Gasteiger partial charge in [-0.1, -0.05) is 66.2 Å². The van der Waals surface area contributed by atoms with Gasteiger partial charge in [-0.3, -0.25) is 43.3 Å². The molecule has 2 aliphatic rings. The highest BCUT2D eigenvalue weighted by Gasteiger charge is 2.34. The first-order valence-corrected chi connectivity index (χ1v) is 33.1. The van der Waals surface area contributed by atoms with Crippen LogP contribution < -0.4 is 38.4 Å². The van der Waals surface area contributed by atoms with Gasteiger partial charge in [-0.2, -0.15) is 5.10 Å². The summed E-state index contributed by atoms with van der Waals surface area (Å²) >= 11 is 6.21. The summed E-state index contributed by atoms with van der Waals surface area (Å²) in [4.78, 5) is 107. The number of para-hydroxylation sites is 1. The van der Waals surface area contributed by atoms with E-state index in [1.807, 2.05) is 111 Å². The number of aromatic nitrogens is 3. The predicted octanol–water partition coefficient (Wildman–Crippen LogP) is 11.9. The van der Waals surface area contributed by atoms with Gasteiger partial charge in [-0.05, 0) is 166 Å². The predicted molar refractivity (Wildman–Crippen MR) is 378 cm³/mol. The van der Waals surface area contributed by atoms with E-state index in [0.29, 0.717) is 95.5 Å². The van der Waals surface area contributed by atoms with Crippen LogP contribution in [0.1, 0.15) is 132 Å². The fraction of sp³-hybridized carbons (Fsp3) is 0.387. The molecule has 4 heterocycles. The lowest BCUT2D eigenvalue weighted by Gasteiger charge is -2.41. The van der Waals surface area contributed by atoms with Crippen LogP contribution in [-0.4, -0.2) is 164 Å². The Kier molecular flexibility index (Phi) is 31.1. The molecule has 9 rings (SSSR count). The highest BCUT2D eigenvalue weighted by molar-refractivity contribution is 6.33. The number of halogens is 1. The second-order valence-electron chi connectivity index (χ2n) is 23.8. The minimum Gasteiger partial charge on any atom is -0.507 e. The molecule has 4 amide bonds. The van der Waals surface area contributed by atoms with E-state index in [9.17, 15) is 43.5 Å². The summed E-state index contributed by atoms with van der Waals surface area (Å²) in [6.45, 7) is 21.5. The van der Waals surface area contributed by atoms with E-state index in [4.69, 9.17) is 44.8 Å². The number of anilines is 3. The number of hydrogen-bond donors (Lipinski definition) is 1. The minimum atomic E-state index is -0.250. The van der Waals surface area contributed by atoms with E-state index < -0.39 is 0 Å². The monoisotopic (exact) mass is 1380 g/mol. The number of carbonyl (C=O) groups excluding carboxylic acids is 8. The number of ether oxygens (including phenoxy) is 7. The molecule has 7 aromatic rings. The number of amides is 4. The van der Waals surface area contributed by atoms with Crippen LogP contribution in [0, 0.1) is 20.8 Å². The van der Waals surface area contributed by atoms with Gasteiger partial charge in [0.05, 0.1) is 46.3 Å². The Morgan fingerprint density at radius 2 is 0.919 bits per heavy atom. The SMILES string of the molecule is CCn1nccc1N(C(=O)COc1cccc(C)c1C=O)C(C)C.COc1ncccc1N(C(=O)COc1cccc(C)c1C=O)C(C)C.Cc1cccc(OCC(=O)N(c2ccccc2Cl)C(C)C)c1C=O.O=Cc1c(O)cccc1OCC(=O)N(C1CCOCC1)C1CCOCC1. The molecule has 1 N–H and O–H groups in total. The highest BCUT2D eigenvalue weighted by Crippen LogP contribution is 2.32. The summed E-state index contributed by atoms with van der Waals surface area (Å²) in [6, 6.07) is 33.0. The van der Waals surface area contributed by atoms with Crippen LogP contribution >= 0.6 is 11.6 Å². The molecule has 24 heteroatoms. The van der Waals surface area contributed by atoms with Gasteiger partial charge in [0.15, 0.2) is 51.6 Å². The lowest BCUT2D eigenvalue weighted by Crippen LogP contribution is -2.52. The van der Waals surface area contributed by atoms with Gasteiger partial charge >= 0.3 is 0 Å². The van der Waals surface area contributed by atoms with Crippen molar-refractivity contribution in [3.05, 3.63) is 172 Å². The van der Waals surface area contributed by atoms with Gasteiger partial charge < -0.3 is 53.0 Å². The van der Waals surface area contributed by atoms with Gasteiger partial charge in [-0.25, -0.2) is 9.67 Å². The molecule has 99 heavy (non-hydrogen) atoms. The number of aryl methyl sites for hydroxylation is 4. The van der Waals surface area contributed by atoms with Crippen LogP contribution in [0.3, 0.4) is 0 Å². The van der Waals surface area contributed by atoms with Crippen molar-refractivity contribution in [2.45, 2.75) is 132 Å². The van der Waals surface area contributed by atoms with Crippen LogP contribution in [0.2, 0.25) is 5.02 Å². The van der Waals surface area contributed by atoms with Crippen molar-refractivity contribution < 1.29 is 76.6 Å². The quantitative estimate of drug-likeness (QED) is 0.0494. The molecule has 0 radical (unpaired) electrons. The molecule has 0 unspecified atom stereocenters. The number of methoxy groups -OCH3 is 1. The Labute approximate surface area is 583 Å². The Morgan fingerprint density at radius 1 is 0.525 bits per heavy atom. The van der Waals surface area contributed by atoms with Crippen molar-refractivity contribution in [2.75, 3.05) is 74.7 Å². The normalized spacial score (nSPS) is 12.8. The molecule has 0 bridgehead atoms. The molecular weight excluding hydrogens is 1290 g/mol. The molecule has 0 spiro atoms. The first kappa shape index (κ1) is 78.0. The van der Waals surface area contributed by atoms with Crippen molar-refractivity contribution >= 4 is 77.6 Å². The van der Waals surface area contributed by atoms with E-state index in [-0.39, 0.29) is 97.3 Å². The number of phenols is 1. The maximum absolute atomic E-state index is 13.0.